The summed E-state index contributed by atoms with van der Waals surface area (Å²) in [4.78, 5) is 52.4. The Labute approximate surface area is 143 Å². The first-order valence-corrected chi connectivity index (χ1v) is 7.51. The van der Waals surface area contributed by atoms with Crippen molar-refractivity contribution in [2.24, 2.45) is 0 Å². The largest absolute Gasteiger partial charge is 0.337 e. The smallest absolute Gasteiger partial charge is 0.329 e. The molecule has 3 rings (SSSR count). The molecule has 126 valence electrons. The first-order valence-electron chi connectivity index (χ1n) is 7.51. The minimum atomic E-state index is -0.755. The maximum atomic E-state index is 12.2. The number of benzene rings is 2. The molecular formula is C18H14N2O5. The van der Waals surface area contributed by atoms with Crippen molar-refractivity contribution in [2.75, 3.05) is 5.32 Å². The predicted molar refractivity (Wildman–Crippen MR) is 87.5 cm³/mol. The van der Waals surface area contributed by atoms with Gasteiger partial charge in [0.1, 0.15) is 0 Å². The molecule has 7 nitrogen and oxygen atoms in total. The monoisotopic (exact) mass is 338 g/mol. The van der Waals surface area contributed by atoms with E-state index in [0.717, 1.165) is 0 Å². The van der Waals surface area contributed by atoms with E-state index in [4.69, 9.17) is 4.84 Å². The van der Waals surface area contributed by atoms with Crippen LogP contribution in [0.3, 0.4) is 0 Å². The number of carbonyl (C=O) groups is 4. The van der Waals surface area contributed by atoms with E-state index in [-0.39, 0.29) is 23.5 Å². The number of imide groups is 1. The van der Waals surface area contributed by atoms with Gasteiger partial charge in [-0.05, 0) is 29.8 Å². The Morgan fingerprint density at radius 1 is 1.00 bits per heavy atom. The van der Waals surface area contributed by atoms with E-state index in [9.17, 15) is 19.2 Å². The van der Waals surface area contributed by atoms with Crippen LogP contribution in [0.25, 0.3) is 0 Å². The summed E-state index contributed by atoms with van der Waals surface area (Å²) >= 11 is 0. The highest BCUT2D eigenvalue weighted by atomic mass is 16.7. The van der Waals surface area contributed by atoms with Gasteiger partial charge >= 0.3 is 5.97 Å². The van der Waals surface area contributed by atoms with E-state index in [1.165, 1.54) is 19.1 Å². The number of nitrogens with zero attached hydrogens (tertiary/aromatic N) is 1. The average Bonchev–Trinajstić information content (AvgIpc) is 2.80. The molecule has 25 heavy (non-hydrogen) atoms. The molecule has 0 aliphatic carbocycles. The molecule has 0 unspecified atom stereocenters. The van der Waals surface area contributed by atoms with Crippen LogP contribution < -0.4 is 5.32 Å². The van der Waals surface area contributed by atoms with Crippen LogP contribution in [-0.2, 0) is 20.8 Å². The Kier molecular flexibility index (Phi) is 4.30. The number of hydrogen-bond donors (Lipinski definition) is 1. The van der Waals surface area contributed by atoms with Gasteiger partial charge in [-0.3, -0.25) is 14.4 Å². The number of carbonyl (C=O) groups excluding carboxylic acids is 4. The van der Waals surface area contributed by atoms with Gasteiger partial charge in [-0.1, -0.05) is 29.3 Å². The molecule has 1 aliphatic rings. The van der Waals surface area contributed by atoms with Gasteiger partial charge in [0, 0.05) is 12.6 Å². The topological polar surface area (TPSA) is 92.8 Å². The molecule has 3 amide bonds. The Balaban J connectivity index is 1.69. The molecular weight excluding hydrogens is 324 g/mol. The van der Waals surface area contributed by atoms with Gasteiger partial charge in [0.15, 0.2) is 0 Å². The van der Waals surface area contributed by atoms with Crippen LogP contribution in [-0.4, -0.2) is 28.8 Å². The fourth-order valence-corrected chi connectivity index (χ4v) is 2.51. The zero-order valence-electron chi connectivity index (χ0n) is 13.3. The highest BCUT2D eigenvalue weighted by Crippen LogP contribution is 2.23. The minimum Gasteiger partial charge on any atom is -0.329 e. The van der Waals surface area contributed by atoms with Gasteiger partial charge in [-0.15, -0.1) is 0 Å². The van der Waals surface area contributed by atoms with Gasteiger partial charge in [0.05, 0.1) is 17.5 Å². The lowest BCUT2D eigenvalue weighted by Crippen LogP contribution is -2.33. The Hall–Kier alpha value is -3.48. The van der Waals surface area contributed by atoms with Gasteiger partial charge in [-0.2, -0.15) is 0 Å². The Morgan fingerprint density at radius 3 is 2.24 bits per heavy atom. The number of fused-ring (bicyclic) bond motifs is 1. The van der Waals surface area contributed by atoms with Crippen LogP contribution in [0.1, 0.15) is 33.2 Å². The first kappa shape index (κ1) is 16.4. The molecule has 0 saturated carbocycles. The summed E-state index contributed by atoms with van der Waals surface area (Å²) in [5.74, 6) is -2.32. The summed E-state index contributed by atoms with van der Waals surface area (Å²) in [5, 5.41) is 3.08. The van der Waals surface area contributed by atoms with E-state index < -0.39 is 17.8 Å². The van der Waals surface area contributed by atoms with Gasteiger partial charge in [0.2, 0.25) is 5.91 Å². The van der Waals surface area contributed by atoms with Crippen LogP contribution >= 0.6 is 0 Å². The Morgan fingerprint density at radius 2 is 1.64 bits per heavy atom. The third-order valence-corrected chi connectivity index (χ3v) is 3.55. The Bertz CT molecular complexity index is 856. The van der Waals surface area contributed by atoms with Crippen LogP contribution in [0.5, 0.6) is 0 Å². The van der Waals surface area contributed by atoms with E-state index in [1.54, 1.807) is 36.4 Å². The lowest BCUT2D eigenvalue weighted by Gasteiger charge is -2.13. The number of rotatable bonds is 4. The lowest BCUT2D eigenvalue weighted by atomic mass is 10.1. The zero-order valence-corrected chi connectivity index (χ0v) is 13.3. The summed E-state index contributed by atoms with van der Waals surface area (Å²) in [6.07, 6.45) is -0.152. The van der Waals surface area contributed by atoms with Crippen molar-refractivity contribution in [3.05, 3.63) is 65.2 Å². The molecule has 2 aromatic carbocycles. The van der Waals surface area contributed by atoms with Crippen molar-refractivity contribution in [3.63, 3.8) is 0 Å². The van der Waals surface area contributed by atoms with Crippen LogP contribution in [0.4, 0.5) is 5.69 Å². The van der Waals surface area contributed by atoms with E-state index in [0.29, 0.717) is 16.3 Å². The van der Waals surface area contributed by atoms with Crippen molar-refractivity contribution in [1.82, 2.24) is 5.06 Å². The van der Waals surface area contributed by atoms with E-state index >= 15 is 0 Å². The molecule has 0 aromatic heterocycles. The summed E-state index contributed by atoms with van der Waals surface area (Å²) < 4.78 is 0. The summed E-state index contributed by atoms with van der Waals surface area (Å²) in [7, 11) is 0. The maximum Gasteiger partial charge on any atom is 0.337 e. The fourth-order valence-electron chi connectivity index (χ4n) is 2.51. The number of anilines is 1. The molecule has 0 radical (unpaired) electrons. The highest BCUT2D eigenvalue weighted by molar-refractivity contribution is 6.20. The quantitative estimate of drug-likeness (QED) is 0.860. The van der Waals surface area contributed by atoms with Gasteiger partial charge < -0.3 is 10.2 Å². The zero-order chi connectivity index (χ0) is 18.0. The molecule has 2 aromatic rings. The summed E-state index contributed by atoms with van der Waals surface area (Å²) in [5.41, 5.74) is 1.52. The molecule has 1 aliphatic heterocycles. The van der Waals surface area contributed by atoms with Crippen molar-refractivity contribution in [2.45, 2.75) is 13.3 Å². The third kappa shape index (κ3) is 3.40. The SMILES string of the molecule is CC(=O)Nc1cccc(CC(=O)ON2C(=O)c3ccccc3C2=O)c1. The van der Waals surface area contributed by atoms with Gasteiger partial charge in [0.25, 0.3) is 11.8 Å². The molecule has 0 bridgehead atoms. The normalized spacial score (nSPS) is 12.8. The van der Waals surface area contributed by atoms with Crippen molar-refractivity contribution in [3.8, 4) is 0 Å². The number of amides is 3. The molecule has 0 spiro atoms. The van der Waals surface area contributed by atoms with Crippen LogP contribution in [0.15, 0.2) is 48.5 Å². The standard InChI is InChI=1S/C18H14N2O5/c1-11(21)19-13-6-4-5-12(9-13)10-16(22)25-20-17(23)14-7-2-3-8-15(14)18(20)24/h2-9H,10H2,1H3,(H,19,21). The van der Waals surface area contributed by atoms with Crippen LogP contribution in [0, 0.1) is 0 Å². The molecule has 0 saturated heterocycles. The molecule has 1 N–H and O–H groups in total. The highest BCUT2D eigenvalue weighted by Gasteiger charge is 2.38. The second-order valence-corrected chi connectivity index (χ2v) is 5.47. The third-order valence-electron chi connectivity index (χ3n) is 3.55. The minimum absolute atomic E-state index is 0.152. The predicted octanol–water partition coefficient (Wildman–Crippen LogP) is 1.94. The number of hydroxylamine groups is 2. The van der Waals surface area contributed by atoms with E-state index in [1.807, 2.05) is 0 Å². The number of hydrogen-bond acceptors (Lipinski definition) is 5. The van der Waals surface area contributed by atoms with E-state index in [2.05, 4.69) is 5.32 Å². The molecule has 1 heterocycles. The number of nitrogens with one attached hydrogen (secondary N) is 1. The van der Waals surface area contributed by atoms with Crippen molar-refractivity contribution in [1.29, 1.82) is 0 Å². The second kappa shape index (κ2) is 6.56. The maximum absolute atomic E-state index is 12.2. The fraction of sp³-hybridized carbons (Fsp3) is 0.111. The van der Waals surface area contributed by atoms with Crippen LogP contribution in [0.2, 0.25) is 0 Å². The summed E-state index contributed by atoms with van der Waals surface area (Å²) in [6, 6.07) is 12.9. The van der Waals surface area contributed by atoms with Gasteiger partial charge in [-0.25, -0.2) is 4.79 Å². The summed E-state index contributed by atoms with van der Waals surface area (Å²) in [6.45, 7) is 1.38. The molecule has 7 heteroatoms. The molecule has 0 fully saturated rings. The van der Waals surface area contributed by atoms with Crippen molar-refractivity contribution < 1.29 is 24.0 Å². The second-order valence-electron chi connectivity index (χ2n) is 5.47. The molecule has 0 atom stereocenters. The first-order chi connectivity index (χ1) is 12.0. The lowest BCUT2D eigenvalue weighted by molar-refractivity contribution is -0.167. The van der Waals surface area contributed by atoms with Crippen molar-refractivity contribution >= 4 is 29.4 Å². The average molecular weight is 338 g/mol.